The van der Waals surface area contributed by atoms with E-state index in [2.05, 4.69) is 4.98 Å². The van der Waals surface area contributed by atoms with E-state index in [0.29, 0.717) is 17.1 Å². The van der Waals surface area contributed by atoms with Crippen molar-refractivity contribution >= 4 is 23.6 Å². The fraction of sp³-hybridized carbons (Fsp3) is 0.400. The Hall–Kier alpha value is -1.86. The third-order valence-electron chi connectivity index (χ3n) is 4.03. The van der Waals surface area contributed by atoms with Gasteiger partial charge in [-0.15, -0.1) is 11.8 Å². The number of hydrogen-bond acceptors (Lipinski definition) is 5. The minimum Gasteiger partial charge on any atom is -0.477 e. The van der Waals surface area contributed by atoms with Gasteiger partial charge in [-0.2, -0.15) is 0 Å². The van der Waals surface area contributed by atoms with Crippen LogP contribution in [-0.2, 0) is 15.3 Å². The van der Waals surface area contributed by atoms with Crippen LogP contribution < -0.4 is 0 Å². The van der Waals surface area contributed by atoms with Gasteiger partial charge in [-0.3, -0.25) is 9.78 Å². The second-order valence-corrected chi connectivity index (χ2v) is 6.54. The van der Waals surface area contributed by atoms with Gasteiger partial charge in [0.15, 0.2) is 0 Å². The predicted octanol–water partition coefficient (Wildman–Crippen LogP) is 1.22. The van der Waals surface area contributed by atoms with Crippen LogP contribution in [0.5, 0.6) is 0 Å². The van der Waals surface area contributed by atoms with Gasteiger partial charge in [0.25, 0.3) is 0 Å². The molecule has 1 fully saturated rings. The molecule has 6 nitrogen and oxygen atoms in total. The zero-order chi connectivity index (χ0) is 15.9. The first-order chi connectivity index (χ1) is 10.5. The number of carboxylic acids is 1. The zero-order valence-electron chi connectivity index (χ0n) is 12.0. The van der Waals surface area contributed by atoms with Crippen LogP contribution >= 0.6 is 11.8 Å². The van der Waals surface area contributed by atoms with Gasteiger partial charge in [-0.1, -0.05) is 6.07 Å². The largest absolute Gasteiger partial charge is 0.477 e. The Bertz CT molecular complexity index is 644. The van der Waals surface area contributed by atoms with Gasteiger partial charge < -0.3 is 15.1 Å². The summed E-state index contributed by atoms with van der Waals surface area (Å²) in [6.07, 6.45) is 3.16. The first kappa shape index (κ1) is 15.1. The van der Waals surface area contributed by atoms with Gasteiger partial charge in [0.1, 0.15) is 5.70 Å². The normalized spacial score (nSPS) is 25.0. The Morgan fingerprint density at radius 1 is 1.59 bits per heavy atom. The second kappa shape index (κ2) is 5.73. The van der Waals surface area contributed by atoms with E-state index in [1.807, 2.05) is 12.1 Å². The van der Waals surface area contributed by atoms with E-state index in [9.17, 15) is 19.8 Å². The number of nitrogens with zero attached hydrogens (tertiary/aromatic N) is 2. The predicted molar refractivity (Wildman–Crippen MR) is 80.6 cm³/mol. The van der Waals surface area contributed by atoms with Gasteiger partial charge in [-0.05, 0) is 18.6 Å². The molecule has 0 aromatic carbocycles. The monoisotopic (exact) mass is 320 g/mol. The molecule has 2 aliphatic rings. The summed E-state index contributed by atoms with van der Waals surface area (Å²) >= 11 is 1.42. The fourth-order valence-electron chi connectivity index (χ4n) is 3.01. The van der Waals surface area contributed by atoms with Crippen molar-refractivity contribution < 1.29 is 19.8 Å². The van der Waals surface area contributed by atoms with Crippen LogP contribution in [-0.4, -0.2) is 44.1 Å². The first-order valence-corrected chi connectivity index (χ1v) is 7.98. The van der Waals surface area contributed by atoms with Gasteiger partial charge >= 0.3 is 5.97 Å². The Kier molecular flexibility index (Phi) is 3.92. The average molecular weight is 320 g/mol. The van der Waals surface area contributed by atoms with E-state index in [4.69, 9.17) is 0 Å². The summed E-state index contributed by atoms with van der Waals surface area (Å²) in [7, 11) is 0. The number of carbonyl (C=O) groups excluding carboxylic acids is 1. The molecule has 1 aromatic heterocycles. The summed E-state index contributed by atoms with van der Waals surface area (Å²) in [6, 6.07) is 3.53. The van der Waals surface area contributed by atoms with E-state index in [0.717, 1.165) is 5.56 Å². The van der Waals surface area contributed by atoms with E-state index in [-0.39, 0.29) is 17.6 Å². The SMILES string of the molecule is C[C@@H](O)[C@H]1C(=O)N2C(C(=O)O)=C(SCc3cccnc3)C[C@@H]12. The summed E-state index contributed by atoms with van der Waals surface area (Å²) < 4.78 is 0. The number of carbonyl (C=O) groups is 2. The Morgan fingerprint density at radius 3 is 2.95 bits per heavy atom. The smallest absolute Gasteiger partial charge is 0.353 e. The highest BCUT2D eigenvalue weighted by Gasteiger charge is 2.56. The number of aliphatic hydroxyl groups is 1. The molecule has 0 aliphatic carbocycles. The van der Waals surface area contributed by atoms with Crippen molar-refractivity contribution in [3.8, 4) is 0 Å². The van der Waals surface area contributed by atoms with Gasteiger partial charge in [0.2, 0.25) is 5.91 Å². The summed E-state index contributed by atoms with van der Waals surface area (Å²) in [5, 5.41) is 19.1. The summed E-state index contributed by atoms with van der Waals surface area (Å²) in [5.74, 6) is -1.28. The molecule has 1 aromatic rings. The summed E-state index contributed by atoms with van der Waals surface area (Å²) in [5.41, 5.74) is 1.07. The highest BCUT2D eigenvalue weighted by molar-refractivity contribution is 8.02. The lowest BCUT2D eigenvalue weighted by Crippen LogP contribution is -2.61. The molecule has 0 saturated carbocycles. The molecular weight excluding hydrogens is 304 g/mol. The summed E-state index contributed by atoms with van der Waals surface area (Å²) in [4.78, 5) is 29.6. The molecule has 22 heavy (non-hydrogen) atoms. The van der Waals surface area contributed by atoms with Crippen molar-refractivity contribution in [3.05, 3.63) is 40.7 Å². The molecule has 7 heteroatoms. The van der Waals surface area contributed by atoms with Crippen LogP contribution in [0.4, 0.5) is 0 Å². The molecule has 0 radical (unpaired) electrons. The molecule has 1 amide bonds. The fourth-order valence-corrected chi connectivity index (χ4v) is 4.14. The molecule has 3 heterocycles. The highest BCUT2D eigenvalue weighted by atomic mass is 32.2. The molecule has 2 aliphatic heterocycles. The van der Waals surface area contributed by atoms with Crippen LogP contribution in [0.2, 0.25) is 0 Å². The Balaban J connectivity index is 1.78. The number of fused-ring (bicyclic) bond motifs is 1. The molecule has 2 N–H and O–H groups in total. The average Bonchev–Trinajstić information content (AvgIpc) is 2.80. The number of aromatic nitrogens is 1. The molecule has 116 valence electrons. The standard InChI is InChI=1S/C15H16N2O4S/c1-8(18)12-10-5-11(13(15(20)21)17(10)14(12)19)22-7-9-3-2-4-16-6-9/h2-4,6,8,10,12,18H,5,7H2,1H3,(H,20,21)/t8-,10+,12-/m1/s1. The lowest BCUT2D eigenvalue weighted by molar-refractivity contribution is -0.161. The Labute approximate surface area is 131 Å². The Morgan fingerprint density at radius 2 is 2.36 bits per heavy atom. The van der Waals surface area contributed by atoms with E-state index in [1.165, 1.54) is 16.7 Å². The maximum atomic E-state index is 12.1. The van der Waals surface area contributed by atoms with Crippen molar-refractivity contribution in [2.45, 2.75) is 31.2 Å². The number of rotatable bonds is 5. The molecule has 1 saturated heterocycles. The number of aliphatic carboxylic acids is 1. The number of β-lactam (4-membered cyclic amide) rings is 1. The zero-order valence-corrected chi connectivity index (χ0v) is 12.8. The topological polar surface area (TPSA) is 90.7 Å². The number of amides is 1. The van der Waals surface area contributed by atoms with Gasteiger partial charge in [0.05, 0.1) is 18.1 Å². The third-order valence-corrected chi connectivity index (χ3v) is 5.21. The number of pyridine rings is 1. The number of carboxylic acid groups (broad SMARTS) is 1. The molecule has 0 unspecified atom stereocenters. The van der Waals surface area contributed by atoms with Gasteiger partial charge in [-0.25, -0.2) is 4.79 Å². The van der Waals surface area contributed by atoms with E-state index < -0.39 is 18.0 Å². The highest BCUT2D eigenvalue weighted by Crippen LogP contribution is 2.47. The molecule has 3 rings (SSSR count). The van der Waals surface area contributed by atoms with E-state index >= 15 is 0 Å². The first-order valence-electron chi connectivity index (χ1n) is 7.00. The quantitative estimate of drug-likeness (QED) is 0.793. The van der Waals surface area contributed by atoms with Crippen molar-refractivity contribution in [1.82, 2.24) is 9.88 Å². The summed E-state index contributed by atoms with van der Waals surface area (Å²) in [6.45, 7) is 1.57. The molecular formula is C15H16N2O4S. The minimum absolute atomic E-state index is 0.0702. The van der Waals surface area contributed by atoms with Crippen LogP contribution in [0.15, 0.2) is 35.1 Å². The maximum absolute atomic E-state index is 12.1. The molecule has 0 bridgehead atoms. The van der Waals surface area contributed by atoms with Crippen molar-refractivity contribution in [2.75, 3.05) is 0 Å². The van der Waals surface area contributed by atoms with Crippen molar-refractivity contribution in [1.29, 1.82) is 0 Å². The van der Waals surface area contributed by atoms with E-state index in [1.54, 1.807) is 19.3 Å². The number of aliphatic hydroxyl groups excluding tert-OH is 1. The number of thioether (sulfide) groups is 1. The van der Waals surface area contributed by atoms with Crippen LogP contribution in [0, 0.1) is 5.92 Å². The van der Waals surface area contributed by atoms with Crippen LogP contribution in [0.3, 0.4) is 0 Å². The second-order valence-electron chi connectivity index (χ2n) is 5.47. The lowest BCUT2D eigenvalue weighted by Gasteiger charge is -2.44. The lowest BCUT2D eigenvalue weighted by atomic mass is 9.83. The molecule has 0 spiro atoms. The number of hydrogen-bond donors (Lipinski definition) is 2. The molecule has 3 atom stereocenters. The van der Waals surface area contributed by atoms with Crippen LogP contribution in [0.1, 0.15) is 18.9 Å². The maximum Gasteiger partial charge on any atom is 0.353 e. The third kappa shape index (κ3) is 2.40. The van der Waals surface area contributed by atoms with Crippen molar-refractivity contribution in [2.24, 2.45) is 5.92 Å². The minimum atomic E-state index is -1.09. The van der Waals surface area contributed by atoms with Gasteiger partial charge in [0, 0.05) is 29.5 Å². The van der Waals surface area contributed by atoms with Crippen molar-refractivity contribution in [3.63, 3.8) is 0 Å². The van der Waals surface area contributed by atoms with Crippen LogP contribution in [0.25, 0.3) is 0 Å².